The Labute approximate surface area is 204 Å². The molecule has 1 atom stereocenters. The molecule has 1 aliphatic heterocycles. The maximum absolute atomic E-state index is 13.2. The third-order valence-corrected chi connectivity index (χ3v) is 6.46. The van der Waals surface area contributed by atoms with Gasteiger partial charge in [-0.1, -0.05) is 53.6 Å². The van der Waals surface area contributed by atoms with Crippen molar-refractivity contribution in [1.82, 2.24) is 0 Å². The van der Waals surface area contributed by atoms with Crippen LogP contribution in [0.2, 0.25) is 5.02 Å². The summed E-state index contributed by atoms with van der Waals surface area (Å²) in [6.45, 7) is 7.86. The molecule has 34 heavy (non-hydrogen) atoms. The fraction of sp³-hybridized carbons (Fsp3) is 0.214. The number of hydrogen-bond donors (Lipinski definition) is 1. The van der Waals surface area contributed by atoms with Crippen molar-refractivity contribution in [2.75, 3.05) is 22.9 Å². The van der Waals surface area contributed by atoms with Gasteiger partial charge in [0, 0.05) is 35.1 Å². The summed E-state index contributed by atoms with van der Waals surface area (Å²) in [6.07, 6.45) is 0. The highest BCUT2D eigenvalue weighted by molar-refractivity contribution is 6.51. The van der Waals surface area contributed by atoms with E-state index >= 15 is 0 Å². The summed E-state index contributed by atoms with van der Waals surface area (Å²) in [5, 5.41) is 11.7. The van der Waals surface area contributed by atoms with Crippen LogP contribution in [0.4, 0.5) is 11.4 Å². The number of ketones is 1. The zero-order valence-corrected chi connectivity index (χ0v) is 20.2. The van der Waals surface area contributed by atoms with Crippen molar-refractivity contribution in [3.05, 3.63) is 100 Å². The van der Waals surface area contributed by atoms with Crippen LogP contribution in [-0.4, -0.2) is 29.9 Å². The van der Waals surface area contributed by atoms with Crippen molar-refractivity contribution in [2.24, 2.45) is 0 Å². The van der Waals surface area contributed by atoms with Crippen LogP contribution in [0.25, 0.3) is 5.76 Å². The topological polar surface area (TPSA) is 60.9 Å². The number of nitrogens with zero attached hydrogens (tertiary/aromatic N) is 2. The van der Waals surface area contributed by atoms with Crippen LogP contribution in [0, 0.1) is 6.92 Å². The normalized spacial score (nSPS) is 17.3. The van der Waals surface area contributed by atoms with Crippen LogP contribution in [0.15, 0.2) is 78.4 Å². The second-order valence-corrected chi connectivity index (χ2v) is 8.71. The molecule has 1 heterocycles. The molecule has 3 aromatic rings. The van der Waals surface area contributed by atoms with Crippen LogP contribution in [0.1, 0.15) is 36.6 Å². The first-order chi connectivity index (χ1) is 16.3. The van der Waals surface area contributed by atoms with Crippen LogP contribution in [0.5, 0.6) is 0 Å². The quantitative estimate of drug-likeness (QED) is 0.265. The average molecular weight is 475 g/mol. The van der Waals surface area contributed by atoms with Crippen LogP contribution in [0.3, 0.4) is 0 Å². The highest BCUT2D eigenvalue weighted by Gasteiger charge is 2.46. The first-order valence-corrected chi connectivity index (χ1v) is 11.7. The van der Waals surface area contributed by atoms with Gasteiger partial charge in [0.25, 0.3) is 11.7 Å². The number of carbonyl (C=O) groups excluding carboxylic acids is 2. The second kappa shape index (κ2) is 9.74. The number of hydrogen-bond acceptors (Lipinski definition) is 4. The van der Waals surface area contributed by atoms with Gasteiger partial charge < -0.3 is 10.0 Å². The Morgan fingerprint density at radius 3 is 2.06 bits per heavy atom. The molecule has 4 rings (SSSR count). The van der Waals surface area contributed by atoms with Crippen LogP contribution in [-0.2, 0) is 9.59 Å². The van der Waals surface area contributed by atoms with Gasteiger partial charge in [-0.2, -0.15) is 0 Å². The van der Waals surface area contributed by atoms with Gasteiger partial charge >= 0.3 is 0 Å². The number of rotatable bonds is 6. The lowest BCUT2D eigenvalue weighted by atomic mass is 9.94. The molecule has 1 aliphatic rings. The van der Waals surface area contributed by atoms with Crippen molar-refractivity contribution in [3.8, 4) is 0 Å². The Bertz CT molecular complexity index is 1230. The Kier molecular flexibility index (Phi) is 6.75. The molecule has 1 unspecified atom stereocenters. The summed E-state index contributed by atoms with van der Waals surface area (Å²) in [7, 11) is 0. The summed E-state index contributed by atoms with van der Waals surface area (Å²) in [6, 6.07) is 21.0. The van der Waals surface area contributed by atoms with Gasteiger partial charge in [0.15, 0.2) is 0 Å². The highest BCUT2D eigenvalue weighted by atomic mass is 35.5. The third-order valence-electron chi connectivity index (χ3n) is 6.21. The summed E-state index contributed by atoms with van der Waals surface area (Å²) >= 11 is 6.06. The van der Waals surface area contributed by atoms with Crippen molar-refractivity contribution in [2.45, 2.75) is 26.8 Å². The molecule has 0 saturated carbocycles. The minimum Gasteiger partial charge on any atom is -0.507 e. The molecule has 1 N–H and O–H groups in total. The summed E-state index contributed by atoms with van der Waals surface area (Å²) < 4.78 is 0. The van der Waals surface area contributed by atoms with Crippen LogP contribution >= 0.6 is 11.6 Å². The standard InChI is InChI=1S/C28H27ClN2O3/c1-4-30(5-2)22-14-10-19(11-15-22)25-24(26(32)20-8-6-18(3)7-9-20)27(33)28(34)31(25)23-16-12-21(29)13-17-23/h6-17,25,32H,4-5H2,1-3H3/b26-24-. The smallest absolute Gasteiger partial charge is 0.300 e. The molecular formula is C28H27ClN2O3. The van der Waals surface area contributed by atoms with E-state index < -0.39 is 17.7 Å². The van der Waals surface area contributed by atoms with E-state index in [0.29, 0.717) is 16.3 Å². The maximum atomic E-state index is 13.2. The van der Waals surface area contributed by atoms with E-state index in [2.05, 4.69) is 18.7 Å². The number of carbonyl (C=O) groups is 2. The lowest BCUT2D eigenvalue weighted by Gasteiger charge is -2.27. The fourth-order valence-electron chi connectivity index (χ4n) is 4.34. The number of Topliss-reactive ketones (excluding diaryl/α,β-unsaturated/α-hetero) is 1. The van der Waals surface area contributed by atoms with Crippen LogP contribution < -0.4 is 9.80 Å². The van der Waals surface area contributed by atoms with E-state index in [1.807, 2.05) is 43.3 Å². The number of anilines is 2. The van der Waals surface area contributed by atoms with E-state index in [1.54, 1.807) is 36.4 Å². The number of aliphatic hydroxyl groups excluding tert-OH is 1. The number of halogens is 1. The molecule has 0 spiro atoms. The Morgan fingerprint density at radius 1 is 0.912 bits per heavy atom. The minimum absolute atomic E-state index is 0.0689. The minimum atomic E-state index is -0.770. The highest BCUT2D eigenvalue weighted by Crippen LogP contribution is 2.42. The van der Waals surface area contributed by atoms with Crippen molar-refractivity contribution in [3.63, 3.8) is 0 Å². The van der Waals surface area contributed by atoms with E-state index in [1.165, 1.54) is 4.90 Å². The van der Waals surface area contributed by atoms with Gasteiger partial charge in [-0.25, -0.2) is 0 Å². The molecule has 0 aromatic heterocycles. The predicted molar refractivity (Wildman–Crippen MR) is 137 cm³/mol. The lowest BCUT2D eigenvalue weighted by Crippen LogP contribution is -2.29. The van der Waals surface area contributed by atoms with E-state index in [4.69, 9.17) is 11.6 Å². The summed E-state index contributed by atoms with van der Waals surface area (Å²) in [5.74, 6) is -1.59. The molecule has 174 valence electrons. The molecule has 0 bridgehead atoms. The maximum Gasteiger partial charge on any atom is 0.300 e. The molecule has 1 saturated heterocycles. The fourth-order valence-corrected chi connectivity index (χ4v) is 4.47. The molecular weight excluding hydrogens is 448 g/mol. The zero-order chi connectivity index (χ0) is 24.4. The van der Waals surface area contributed by atoms with Crippen molar-refractivity contribution in [1.29, 1.82) is 0 Å². The molecule has 1 amide bonds. The Hall–Kier alpha value is -3.57. The molecule has 6 heteroatoms. The van der Waals surface area contributed by atoms with Gasteiger partial charge in [-0.05, 0) is 62.7 Å². The lowest BCUT2D eigenvalue weighted by molar-refractivity contribution is -0.132. The SMILES string of the molecule is CCN(CC)c1ccc(C2/C(=C(/O)c3ccc(C)cc3)C(=O)C(=O)N2c2ccc(Cl)cc2)cc1. The molecule has 0 radical (unpaired) electrons. The van der Waals surface area contributed by atoms with E-state index in [9.17, 15) is 14.7 Å². The molecule has 1 fully saturated rings. The van der Waals surface area contributed by atoms with Gasteiger partial charge in [0.2, 0.25) is 0 Å². The van der Waals surface area contributed by atoms with Crippen molar-refractivity contribution >= 4 is 40.4 Å². The third kappa shape index (κ3) is 4.31. The van der Waals surface area contributed by atoms with Crippen molar-refractivity contribution < 1.29 is 14.7 Å². The zero-order valence-electron chi connectivity index (χ0n) is 19.5. The number of benzene rings is 3. The average Bonchev–Trinajstić information content (AvgIpc) is 3.11. The summed E-state index contributed by atoms with van der Waals surface area (Å²) in [4.78, 5) is 30.1. The summed E-state index contributed by atoms with van der Waals surface area (Å²) in [5.41, 5.74) is 3.91. The first-order valence-electron chi connectivity index (χ1n) is 11.3. The Morgan fingerprint density at radius 2 is 1.50 bits per heavy atom. The number of aliphatic hydroxyl groups is 1. The monoisotopic (exact) mass is 474 g/mol. The van der Waals surface area contributed by atoms with Gasteiger partial charge in [-0.3, -0.25) is 14.5 Å². The number of amides is 1. The molecule has 5 nitrogen and oxygen atoms in total. The Balaban J connectivity index is 1.88. The van der Waals surface area contributed by atoms with E-state index in [0.717, 1.165) is 29.9 Å². The second-order valence-electron chi connectivity index (χ2n) is 8.28. The largest absolute Gasteiger partial charge is 0.507 e. The first kappa shape index (κ1) is 23.6. The van der Waals surface area contributed by atoms with Gasteiger partial charge in [0.1, 0.15) is 5.76 Å². The number of aryl methyl sites for hydroxylation is 1. The van der Waals surface area contributed by atoms with Gasteiger partial charge in [-0.15, -0.1) is 0 Å². The predicted octanol–water partition coefficient (Wildman–Crippen LogP) is 6.12. The van der Waals surface area contributed by atoms with Gasteiger partial charge in [0.05, 0.1) is 11.6 Å². The molecule has 0 aliphatic carbocycles. The van der Waals surface area contributed by atoms with E-state index in [-0.39, 0.29) is 11.3 Å². The molecule has 3 aromatic carbocycles.